The van der Waals surface area contributed by atoms with E-state index in [1.165, 1.54) is 26.4 Å². The van der Waals surface area contributed by atoms with Crippen LogP contribution in [-0.2, 0) is 0 Å². The standard InChI is InChI=1S/C16H15NO5/c1-21-13-8-9(6-7-11(13)15(17)18)10-4-3-5-12(16(19)20)14(10)22-2/h3-8H,1-2H3,(H2,17,18)(H,19,20). The minimum atomic E-state index is -1.08. The molecule has 6 heteroatoms. The number of carboxylic acid groups (broad SMARTS) is 1. The second-order valence-electron chi connectivity index (χ2n) is 4.47. The number of aromatic carboxylic acids is 1. The van der Waals surface area contributed by atoms with Gasteiger partial charge in [0, 0.05) is 5.56 Å². The van der Waals surface area contributed by atoms with Crippen LogP contribution in [0, 0.1) is 0 Å². The zero-order valence-corrected chi connectivity index (χ0v) is 12.1. The molecule has 0 radical (unpaired) electrons. The van der Waals surface area contributed by atoms with Gasteiger partial charge in [-0.05, 0) is 23.8 Å². The molecule has 0 aromatic heterocycles. The largest absolute Gasteiger partial charge is 0.496 e. The van der Waals surface area contributed by atoms with Crippen LogP contribution in [0.4, 0.5) is 0 Å². The number of nitrogens with two attached hydrogens (primary N) is 1. The van der Waals surface area contributed by atoms with Crippen LogP contribution in [0.5, 0.6) is 11.5 Å². The zero-order chi connectivity index (χ0) is 16.3. The molecule has 0 saturated carbocycles. The minimum Gasteiger partial charge on any atom is -0.496 e. The quantitative estimate of drug-likeness (QED) is 0.881. The third kappa shape index (κ3) is 2.71. The maximum atomic E-state index is 11.3. The van der Waals surface area contributed by atoms with Gasteiger partial charge in [0.2, 0.25) is 0 Å². The molecule has 0 spiro atoms. The first kappa shape index (κ1) is 15.4. The molecule has 2 aromatic rings. The number of primary amides is 1. The van der Waals surface area contributed by atoms with Crippen molar-refractivity contribution >= 4 is 11.9 Å². The molecule has 0 aliphatic rings. The summed E-state index contributed by atoms with van der Waals surface area (Å²) in [6.45, 7) is 0. The highest BCUT2D eigenvalue weighted by molar-refractivity contribution is 5.97. The summed E-state index contributed by atoms with van der Waals surface area (Å²) in [5.74, 6) is -1.13. The molecular weight excluding hydrogens is 286 g/mol. The number of para-hydroxylation sites is 1. The summed E-state index contributed by atoms with van der Waals surface area (Å²) in [7, 11) is 2.83. The van der Waals surface area contributed by atoms with Crippen LogP contribution in [0.1, 0.15) is 20.7 Å². The number of carbonyl (C=O) groups excluding carboxylic acids is 1. The number of carboxylic acids is 1. The molecule has 0 aliphatic carbocycles. The smallest absolute Gasteiger partial charge is 0.339 e. The van der Waals surface area contributed by atoms with Gasteiger partial charge in [-0.15, -0.1) is 0 Å². The Kier molecular flexibility index (Phi) is 4.31. The first-order valence-electron chi connectivity index (χ1n) is 6.38. The minimum absolute atomic E-state index is 0.0537. The lowest BCUT2D eigenvalue weighted by Crippen LogP contribution is -2.12. The maximum absolute atomic E-state index is 11.3. The molecule has 0 saturated heterocycles. The van der Waals surface area contributed by atoms with Crippen LogP contribution in [0.15, 0.2) is 36.4 Å². The lowest BCUT2D eigenvalue weighted by atomic mass is 9.99. The Hall–Kier alpha value is -3.02. The summed E-state index contributed by atoms with van der Waals surface area (Å²) in [5, 5.41) is 9.22. The van der Waals surface area contributed by atoms with E-state index in [0.29, 0.717) is 16.9 Å². The van der Waals surface area contributed by atoms with E-state index in [2.05, 4.69) is 0 Å². The van der Waals surface area contributed by atoms with E-state index in [1.807, 2.05) is 0 Å². The number of hydrogen-bond acceptors (Lipinski definition) is 4. The molecule has 2 rings (SSSR count). The molecule has 22 heavy (non-hydrogen) atoms. The highest BCUT2D eigenvalue weighted by Gasteiger charge is 2.17. The van der Waals surface area contributed by atoms with Crippen LogP contribution >= 0.6 is 0 Å². The lowest BCUT2D eigenvalue weighted by molar-refractivity contribution is 0.0693. The molecular formula is C16H15NO5. The normalized spacial score (nSPS) is 10.1. The lowest BCUT2D eigenvalue weighted by Gasteiger charge is -2.13. The summed E-state index contributed by atoms with van der Waals surface area (Å²) < 4.78 is 10.4. The second-order valence-corrected chi connectivity index (χ2v) is 4.47. The Morgan fingerprint density at radius 2 is 1.77 bits per heavy atom. The van der Waals surface area contributed by atoms with Gasteiger partial charge in [-0.1, -0.05) is 18.2 Å². The molecule has 114 valence electrons. The third-order valence-corrected chi connectivity index (χ3v) is 3.23. The molecule has 1 amide bonds. The van der Waals surface area contributed by atoms with E-state index in [0.717, 1.165) is 0 Å². The number of amides is 1. The number of hydrogen-bond donors (Lipinski definition) is 2. The molecule has 3 N–H and O–H groups in total. The fraction of sp³-hybridized carbons (Fsp3) is 0.125. The van der Waals surface area contributed by atoms with Gasteiger partial charge in [0.05, 0.1) is 19.8 Å². The number of benzene rings is 2. The van der Waals surface area contributed by atoms with Crippen molar-refractivity contribution in [3.05, 3.63) is 47.5 Å². The molecule has 2 aromatic carbocycles. The van der Waals surface area contributed by atoms with E-state index >= 15 is 0 Å². The Morgan fingerprint density at radius 1 is 1.05 bits per heavy atom. The van der Waals surface area contributed by atoms with Crippen molar-refractivity contribution in [1.29, 1.82) is 0 Å². The molecule has 0 aliphatic heterocycles. The van der Waals surface area contributed by atoms with Gasteiger partial charge >= 0.3 is 5.97 Å². The molecule has 0 atom stereocenters. The van der Waals surface area contributed by atoms with Crippen molar-refractivity contribution < 1.29 is 24.2 Å². The highest BCUT2D eigenvalue weighted by Crippen LogP contribution is 2.35. The molecule has 6 nitrogen and oxygen atoms in total. The summed E-state index contributed by atoms with van der Waals surface area (Å²) in [4.78, 5) is 22.6. The average Bonchev–Trinajstić information content (AvgIpc) is 2.53. The Balaban J connectivity index is 2.64. The van der Waals surface area contributed by atoms with Crippen molar-refractivity contribution in [3.8, 4) is 22.6 Å². The Morgan fingerprint density at radius 3 is 2.32 bits per heavy atom. The second kappa shape index (κ2) is 6.17. The fourth-order valence-corrected chi connectivity index (χ4v) is 2.21. The topological polar surface area (TPSA) is 98.8 Å². The summed E-state index contributed by atoms with van der Waals surface area (Å²) >= 11 is 0. The summed E-state index contributed by atoms with van der Waals surface area (Å²) in [6, 6.07) is 9.61. The molecule has 0 fully saturated rings. The van der Waals surface area contributed by atoms with Crippen LogP contribution in [-0.4, -0.2) is 31.2 Å². The van der Waals surface area contributed by atoms with Crippen molar-refractivity contribution in [1.82, 2.24) is 0 Å². The third-order valence-electron chi connectivity index (χ3n) is 3.23. The average molecular weight is 301 g/mol. The highest BCUT2D eigenvalue weighted by atomic mass is 16.5. The fourth-order valence-electron chi connectivity index (χ4n) is 2.21. The SMILES string of the molecule is COc1cc(-c2cccc(C(=O)O)c2OC)ccc1C(N)=O. The number of ether oxygens (including phenoxy) is 2. The van der Waals surface area contributed by atoms with Gasteiger partial charge in [-0.2, -0.15) is 0 Å². The van der Waals surface area contributed by atoms with Gasteiger partial charge in [-0.3, -0.25) is 4.79 Å². The van der Waals surface area contributed by atoms with Crippen molar-refractivity contribution in [2.45, 2.75) is 0 Å². The van der Waals surface area contributed by atoms with Crippen molar-refractivity contribution in [3.63, 3.8) is 0 Å². The molecule has 0 heterocycles. The van der Waals surface area contributed by atoms with Crippen molar-refractivity contribution in [2.75, 3.05) is 14.2 Å². The van der Waals surface area contributed by atoms with E-state index in [-0.39, 0.29) is 16.9 Å². The first-order valence-corrected chi connectivity index (χ1v) is 6.38. The van der Waals surface area contributed by atoms with E-state index < -0.39 is 11.9 Å². The van der Waals surface area contributed by atoms with E-state index in [9.17, 15) is 14.7 Å². The van der Waals surface area contributed by atoms with Gasteiger partial charge in [0.15, 0.2) is 0 Å². The number of rotatable bonds is 5. The van der Waals surface area contributed by atoms with Gasteiger partial charge < -0.3 is 20.3 Å². The van der Waals surface area contributed by atoms with Crippen LogP contribution < -0.4 is 15.2 Å². The van der Waals surface area contributed by atoms with Crippen LogP contribution in [0.2, 0.25) is 0 Å². The van der Waals surface area contributed by atoms with Crippen molar-refractivity contribution in [2.24, 2.45) is 5.73 Å². The first-order chi connectivity index (χ1) is 10.5. The predicted molar refractivity (Wildman–Crippen MR) is 80.5 cm³/mol. The molecule has 0 unspecified atom stereocenters. The maximum Gasteiger partial charge on any atom is 0.339 e. The molecule has 0 bridgehead atoms. The Labute approximate surface area is 127 Å². The van der Waals surface area contributed by atoms with Crippen LogP contribution in [0.25, 0.3) is 11.1 Å². The van der Waals surface area contributed by atoms with E-state index in [1.54, 1.807) is 24.3 Å². The van der Waals surface area contributed by atoms with Crippen LogP contribution in [0.3, 0.4) is 0 Å². The van der Waals surface area contributed by atoms with E-state index in [4.69, 9.17) is 15.2 Å². The summed E-state index contributed by atoms with van der Waals surface area (Å²) in [5.41, 5.74) is 6.82. The predicted octanol–water partition coefficient (Wildman–Crippen LogP) is 2.17. The monoisotopic (exact) mass is 301 g/mol. The number of carbonyl (C=O) groups is 2. The van der Waals surface area contributed by atoms with Gasteiger partial charge in [-0.25, -0.2) is 4.79 Å². The van der Waals surface area contributed by atoms with Gasteiger partial charge in [0.1, 0.15) is 17.1 Å². The summed E-state index contributed by atoms with van der Waals surface area (Å²) in [6.07, 6.45) is 0. The van der Waals surface area contributed by atoms with Gasteiger partial charge in [0.25, 0.3) is 5.91 Å². The number of methoxy groups -OCH3 is 2. The Bertz CT molecular complexity index is 739. The zero-order valence-electron chi connectivity index (χ0n) is 12.1.